The zero-order chi connectivity index (χ0) is 12.8. The van der Waals surface area contributed by atoms with Gasteiger partial charge >= 0.3 is 0 Å². The summed E-state index contributed by atoms with van der Waals surface area (Å²) in [6.45, 7) is 3.71. The highest BCUT2D eigenvalue weighted by molar-refractivity contribution is 9.10. The van der Waals surface area contributed by atoms with Crippen LogP contribution in [-0.2, 0) is 11.2 Å². The lowest BCUT2D eigenvalue weighted by atomic mass is 10.1. The van der Waals surface area contributed by atoms with Crippen LogP contribution in [0.1, 0.15) is 18.4 Å². The number of nitrogens with one attached hydrogen (secondary N) is 1. The highest BCUT2D eigenvalue weighted by atomic mass is 79.9. The van der Waals surface area contributed by atoms with Gasteiger partial charge in [0.05, 0.1) is 6.42 Å². The fraction of sp³-hybridized carbons (Fsp3) is 0.500. The van der Waals surface area contributed by atoms with Crippen LogP contribution in [0.4, 0.5) is 0 Å². The molecular formula is C14H19BrN2O. The van der Waals surface area contributed by atoms with Gasteiger partial charge in [-0.3, -0.25) is 4.79 Å². The third-order valence-electron chi connectivity index (χ3n) is 3.19. The second kappa shape index (κ2) is 6.90. The van der Waals surface area contributed by atoms with Crippen molar-refractivity contribution in [2.75, 3.05) is 26.2 Å². The average Bonchev–Trinajstić information content (AvgIpc) is 2.28. The van der Waals surface area contributed by atoms with Crippen molar-refractivity contribution in [3.63, 3.8) is 0 Å². The Bertz CT molecular complexity index is 401. The summed E-state index contributed by atoms with van der Waals surface area (Å²) in [6.07, 6.45) is 2.75. The first-order chi connectivity index (χ1) is 8.75. The molecule has 0 bridgehead atoms. The van der Waals surface area contributed by atoms with Gasteiger partial charge in [0.15, 0.2) is 0 Å². The Kier molecular flexibility index (Phi) is 5.20. The molecule has 0 aromatic heterocycles. The van der Waals surface area contributed by atoms with E-state index in [9.17, 15) is 4.79 Å². The molecule has 1 fully saturated rings. The Hall–Kier alpha value is -0.870. The number of benzene rings is 1. The third kappa shape index (κ3) is 4.10. The summed E-state index contributed by atoms with van der Waals surface area (Å²) in [6, 6.07) is 7.97. The Morgan fingerprint density at radius 1 is 1.28 bits per heavy atom. The van der Waals surface area contributed by atoms with Crippen molar-refractivity contribution < 1.29 is 4.79 Å². The van der Waals surface area contributed by atoms with Crippen molar-refractivity contribution in [2.24, 2.45) is 0 Å². The van der Waals surface area contributed by atoms with Crippen LogP contribution >= 0.6 is 15.9 Å². The number of carbonyl (C=O) groups is 1. The predicted octanol–water partition coefficient (Wildman–Crippen LogP) is 2.20. The summed E-state index contributed by atoms with van der Waals surface area (Å²) in [4.78, 5) is 14.2. The van der Waals surface area contributed by atoms with Gasteiger partial charge in [0.25, 0.3) is 0 Å². The molecule has 1 heterocycles. The number of carbonyl (C=O) groups excluding carboxylic acids is 1. The zero-order valence-electron chi connectivity index (χ0n) is 10.5. The van der Waals surface area contributed by atoms with Crippen LogP contribution in [0.15, 0.2) is 28.7 Å². The van der Waals surface area contributed by atoms with E-state index in [2.05, 4.69) is 21.2 Å². The predicted molar refractivity (Wildman–Crippen MR) is 76.5 cm³/mol. The minimum absolute atomic E-state index is 0.233. The minimum atomic E-state index is 0.233. The fourth-order valence-electron chi connectivity index (χ4n) is 2.19. The monoisotopic (exact) mass is 310 g/mol. The van der Waals surface area contributed by atoms with Crippen molar-refractivity contribution in [3.8, 4) is 0 Å². The van der Waals surface area contributed by atoms with Crippen LogP contribution in [0.5, 0.6) is 0 Å². The largest absolute Gasteiger partial charge is 0.341 e. The zero-order valence-corrected chi connectivity index (χ0v) is 12.1. The summed E-state index contributed by atoms with van der Waals surface area (Å²) in [5.74, 6) is 0.233. The molecule has 1 aliphatic heterocycles. The number of nitrogens with zero attached hydrogens (tertiary/aromatic N) is 1. The number of hydrogen-bond acceptors (Lipinski definition) is 2. The van der Waals surface area contributed by atoms with E-state index in [-0.39, 0.29) is 5.91 Å². The molecule has 3 nitrogen and oxygen atoms in total. The fourth-order valence-corrected chi connectivity index (χ4v) is 2.63. The van der Waals surface area contributed by atoms with Gasteiger partial charge in [-0.1, -0.05) is 28.1 Å². The first kappa shape index (κ1) is 13.6. The normalized spacial score (nSPS) is 17.1. The van der Waals surface area contributed by atoms with E-state index >= 15 is 0 Å². The number of halogens is 1. The Labute approximate surface area is 117 Å². The van der Waals surface area contributed by atoms with Crippen molar-refractivity contribution in [1.82, 2.24) is 10.2 Å². The van der Waals surface area contributed by atoms with Gasteiger partial charge < -0.3 is 10.2 Å². The molecule has 4 heteroatoms. The van der Waals surface area contributed by atoms with E-state index in [1.165, 1.54) is 0 Å². The molecule has 1 saturated heterocycles. The molecule has 1 aromatic rings. The van der Waals surface area contributed by atoms with Gasteiger partial charge in [-0.2, -0.15) is 0 Å². The van der Waals surface area contributed by atoms with Gasteiger partial charge in [0.2, 0.25) is 5.91 Å². The van der Waals surface area contributed by atoms with Crippen LogP contribution in [0, 0.1) is 0 Å². The maximum Gasteiger partial charge on any atom is 0.227 e. The summed E-state index contributed by atoms with van der Waals surface area (Å²) in [5.41, 5.74) is 1.07. The molecule has 1 aliphatic rings. The number of rotatable bonds is 2. The SMILES string of the molecule is O=C(Cc1cccc(Br)c1)N1CCCCNCC1. The van der Waals surface area contributed by atoms with E-state index in [0.29, 0.717) is 6.42 Å². The molecule has 1 N–H and O–H groups in total. The Morgan fingerprint density at radius 2 is 2.17 bits per heavy atom. The van der Waals surface area contributed by atoms with Crippen LogP contribution in [0.3, 0.4) is 0 Å². The molecule has 0 atom stereocenters. The standard InChI is InChI=1S/C14H19BrN2O/c15-13-5-3-4-12(10-13)11-14(18)17-8-2-1-6-16-7-9-17/h3-5,10,16H,1-2,6-9,11H2. The summed E-state index contributed by atoms with van der Waals surface area (Å²) >= 11 is 3.44. The summed E-state index contributed by atoms with van der Waals surface area (Å²) in [5, 5.41) is 3.34. The molecule has 2 rings (SSSR count). The molecule has 1 aromatic carbocycles. The average molecular weight is 311 g/mol. The van der Waals surface area contributed by atoms with E-state index in [4.69, 9.17) is 0 Å². The van der Waals surface area contributed by atoms with Crippen molar-refractivity contribution in [1.29, 1.82) is 0 Å². The lowest BCUT2D eigenvalue weighted by Gasteiger charge is -2.25. The first-order valence-electron chi connectivity index (χ1n) is 6.48. The molecule has 0 aliphatic carbocycles. The van der Waals surface area contributed by atoms with E-state index in [0.717, 1.165) is 49.1 Å². The minimum Gasteiger partial charge on any atom is -0.341 e. The topological polar surface area (TPSA) is 32.3 Å². The van der Waals surface area contributed by atoms with Gasteiger partial charge in [-0.15, -0.1) is 0 Å². The third-order valence-corrected chi connectivity index (χ3v) is 3.68. The molecule has 98 valence electrons. The summed E-state index contributed by atoms with van der Waals surface area (Å²) < 4.78 is 1.03. The van der Waals surface area contributed by atoms with Gasteiger partial charge in [-0.25, -0.2) is 0 Å². The van der Waals surface area contributed by atoms with Crippen LogP contribution in [0.2, 0.25) is 0 Å². The van der Waals surface area contributed by atoms with Crippen molar-refractivity contribution >= 4 is 21.8 Å². The number of hydrogen-bond donors (Lipinski definition) is 1. The van der Waals surface area contributed by atoms with Crippen LogP contribution < -0.4 is 5.32 Å². The van der Waals surface area contributed by atoms with E-state index in [1.807, 2.05) is 29.2 Å². The molecule has 1 amide bonds. The molecule has 0 unspecified atom stereocenters. The van der Waals surface area contributed by atoms with E-state index in [1.54, 1.807) is 0 Å². The van der Waals surface area contributed by atoms with Crippen LogP contribution in [-0.4, -0.2) is 37.0 Å². The highest BCUT2D eigenvalue weighted by Gasteiger charge is 2.14. The Morgan fingerprint density at radius 3 is 3.00 bits per heavy atom. The molecule has 0 spiro atoms. The maximum absolute atomic E-state index is 12.2. The van der Waals surface area contributed by atoms with Crippen molar-refractivity contribution in [2.45, 2.75) is 19.3 Å². The van der Waals surface area contributed by atoms with Crippen LogP contribution in [0.25, 0.3) is 0 Å². The van der Waals surface area contributed by atoms with E-state index < -0.39 is 0 Å². The molecule has 0 radical (unpaired) electrons. The number of amides is 1. The summed E-state index contributed by atoms with van der Waals surface area (Å²) in [7, 11) is 0. The highest BCUT2D eigenvalue weighted by Crippen LogP contribution is 2.13. The smallest absolute Gasteiger partial charge is 0.227 e. The Balaban J connectivity index is 1.93. The van der Waals surface area contributed by atoms with Crippen molar-refractivity contribution in [3.05, 3.63) is 34.3 Å². The lowest BCUT2D eigenvalue weighted by Crippen LogP contribution is -2.40. The quantitative estimate of drug-likeness (QED) is 0.908. The maximum atomic E-state index is 12.2. The molecule has 0 saturated carbocycles. The second-order valence-corrected chi connectivity index (χ2v) is 5.56. The first-order valence-corrected chi connectivity index (χ1v) is 7.28. The molecular weight excluding hydrogens is 292 g/mol. The van der Waals surface area contributed by atoms with Gasteiger partial charge in [-0.05, 0) is 37.1 Å². The lowest BCUT2D eigenvalue weighted by molar-refractivity contribution is -0.130. The molecule has 18 heavy (non-hydrogen) atoms. The second-order valence-electron chi connectivity index (χ2n) is 4.64. The van der Waals surface area contributed by atoms with Gasteiger partial charge in [0, 0.05) is 24.1 Å². The van der Waals surface area contributed by atoms with Gasteiger partial charge in [0.1, 0.15) is 0 Å².